The van der Waals surface area contributed by atoms with Crippen molar-refractivity contribution in [3.63, 3.8) is 0 Å². The summed E-state index contributed by atoms with van der Waals surface area (Å²) in [5.41, 5.74) is 1.51. The van der Waals surface area contributed by atoms with Crippen molar-refractivity contribution in [2.45, 2.75) is 18.9 Å². The number of β-amino-alcohol motifs (C(OH)–C–C–N with tert-alkyl or cyclic N) is 1. The Kier molecular flexibility index (Phi) is 3.37. The third kappa shape index (κ3) is 2.44. The molecule has 2 heterocycles. The highest BCUT2D eigenvalue weighted by Gasteiger charge is 2.43. The Hall–Kier alpha value is -0.900. The van der Waals surface area contributed by atoms with E-state index in [9.17, 15) is 5.11 Å². The van der Waals surface area contributed by atoms with E-state index in [1.54, 1.807) is 0 Å². The molecule has 0 radical (unpaired) electrons. The van der Waals surface area contributed by atoms with E-state index in [4.69, 9.17) is 4.74 Å². The molecule has 1 spiro atoms. The van der Waals surface area contributed by atoms with Crippen molar-refractivity contribution in [1.82, 2.24) is 4.90 Å². The van der Waals surface area contributed by atoms with E-state index in [-0.39, 0.29) is 6.10 Å². The number of rotatable bonds is 3. The van der Waals surface area contributed by atoms with Gasteiger partial charge in [0.15, 0.2) is 0 Å². The van der Waals surface area contributed by atoms with Crippen LogP contribution in [0, 0.1) is 5.41 Å². The van der Waals surface area contributed by atoms with Gasteiger partial charge in [0.25, 0.3) is 0 Å². The molecule has 1 unspecified atom stereocenters. The molecule has 1 N–H and O–H groups in total. The first-order valence-electron chi connectivity index (χ1n) is 6.81. The molecule has 2 aliphatic rings. The van der Waals surface area contributed by atoms with Crippen LogP contribution in [-0.4, -0.2) is 42.9 Å². The van der Waals surface area contributed by atoms with Gasteiger partial charge in [0.05, 0.1) is 6.10 Å². The fourth-order valence-corrected chi connectivity index (χ4v) is 3.18. The highest BCUT2D eigenvalue weighted by atomic mass is 16.5. The first-order valence-corrected chi connectivity index (χ1v) is 6.81. The second kappa shape index (κ2) is 5.00. The van der Waals surface area contributed by atoms with E-state index in [1.807, 2.05) is 30.3 Å². The predicted octanol–water partition coefficient (Wildman–Crippen LogP) is 1.83. The minimum absolute atomic E-state index is 0.358. The molecule has 0 amide bonds. The topological polar surface area (TPSA) is 32.7 Å². The van der Waals surface area contributed by atoms with E-state index in [0.717, 1.165) is 38.4 Å². The average Bonchev–Trinajstić information content (AvgIpc) is 2.39. The Bertz CT molecular complexity index is 379. The summed E-state index contributed by atoms with van der Waals surface area (Å²) < 4.78 is 5.42. The van der Waals surface area contributed by atoms with Gasteiger partial charge in [-0.1, -0.05) is 30.3 Å². The number of ether oxygens (including phenoxy) is 1. The zero-order valence-electron chi connectivity index (χ0n) is 10.7. The van der Waals surface area contributed by atoms with Crippen LogP contribution in [-0.2, 0) is 4.74 Å². The smallest absolute Gasteiger partial charge is 0.0916 e. The minimum Gasteiger partial charge on any atom is -0.387 e. The largest absolute Gasteiger partial charge is 0.387 e. The normalized spacial score (nSPS) is 24.7. The maximum absolute atomic E-state index is 10.2. The quantitative estimate of drug-likeness (QED) is 0.884. The Balaban J connectivity index is 1.51. The lowest BCUT2D eigenvalue weighted by Gasteiger charge is -2.52. The summed E-state index contributed by atoms with van der Waals surface area (Å²) >= 11 is 0. The summed E-state index contributed by atoms with van der Waals surface area (Å²) in [7, 11) is 0. The minimum atomic E-state index is -0.358. The maximum atomic E-state index is 10.2. The summed E-state index contributed by atoms with van der Waals surface area (Å²) in [4.78, 5) is 2.36. The number of aliphatic hydroxyl groups is 1. The second-order valence-electron chi connectivity index (χ2n) is 5.71. The second-order valence-corrected chi connectivity index (χ2v) is 5.71. The maximum Gasteiger partial charge on any atom is 0.0916 e. The van der Waals surface area contributed by atoms with Crippen molar-refractivity contribution in [2.75, 3.05) is 32.8 Å². The molecule has 0 bridgehead atoms. The van der Waals surface area contributed by atoms with Crippen molar-refractivity contribution < 1.29 is 9.84 Å². The van der Waals surface area contributed by atoms with Gasteiger partial charge in [-0.3, -0.25) is 4.90 Å². The molecule has 2 aliphatic heterocycles. The molecule has 98 valence electrons. The van der Waals surface area contributed by atoms with Crippen LogP contribution in [0.2, 0.25) is 0 Å². The number of hydrogen-bond acceptors (Lipinski definition) is 3. The first kappa shape index (κ1) is 12.2. The van der Waals surface area contributed by atoms with Gasteiger partial charge in [-0.25, -0.2) is 0 Å². The number of hydrogen-bond donors (Lipinski definition) is 1. The van der Waals surface area contributed by atoms with Crippen molar-refractivity contribution in [1.29, 1.82) is 0 Å². The number of nitrogens with zero attached hydrogens (tertiary/aromatic N) is 1. The Morgan fingerprint density at radius 2 is 1.83 bits per heavy atom. The Morgan fingerprint density at radius 1 is 1.17 bits per heavy atom. The summed E-state index contributed by atoms with van der Waals surface area (Å²) in [5.74, 6) is 0. The SMILES string of the molecule is OC(CN1CC2(CCOCC2)C1)c1ccccc1. The van der Waals surface area contributed by atoms with Gasteiger partial charge in [-0.15, -0.1) is 0 Å². The molecule has 1 aromatic rings. The molecule has 2 fully saturated rings. The standard InChI is InChI=1S/C15H21NO2/c17-14(13-4-2-1-3-5-13)10-16-11-15(12-16)6-8-18-9-7-15/h1-5,14,17H,6-12H2. The highest BCUT2D eigenvalue weighted by molar-refractivity contribution is 5.17. The third-order valence-electron chi connectivity index (χ3n) is 4.29. The lowest BCUT2D eigenvalue weighted by Crippen LogP contribution is -2.59. The first-order chi connectivity index (χ1) is 8.77. The van der Waals surface area contributed by atoms with E-state index < -0.39 is 0 Å². The molecule has 3 rings (SSSR count). The fraction of sp³-hybridized carbons (Fsp3) is 0.600. The van der Waals surface area contributed by atoms with Gasteiger partial charge in [-0.05, 0) is 18.4 Å². The van der Waals surface area contributed by atoms with Gasteiger partial charge < -0.3 is 9.84 Å². The molecular weight excluding hydrogens is 226 g/mol. The van der Waals surface area contributed by atoms with Gasteiger partial charge >= 0.3 is 0 Å². The molecule has 1 aromatic carbocycles. The van der Waals surface area contributed by atoms with E-state index in [2.05, 4.69) is 4.90 Å². The Labute approximate surface area is 108 Å². The molecule has 0 aromatic heterocycles. The number of aliphatic hydroxyl groups excluding tert-OH is 1. The van der Waals surface area contributed by atoms with Crippen molar-refractivity contribution in [3.05, 3.63) is 35.9 Å². The molecule has 0 saturated carbocycles. The molecular formula is C15H21NO2. The van der Waals surface area contributed by atoms with Crippen LogP contribution < -0.4 is 0 Å². The van der Waals surface area contributed by atoms with E-state index in [0.29, 0.717) is 5.41 Å². The van der Waals surface area contributed by atoms with Crippen LogP contribution in [0.25, 0.3) is 0 Å². The van der Waals surface area contributed by atoms with Gasteiger partial charge in [0.1, 0.15) is 0 Å². The Morgan fingerprint density at radius 3 is 2.50 bits per heavy atom. The van der Waals surface area contributed by atoms with Crippen LogP contribution >= 0.6 is 0 Å². The molecule has 3 nitrogen and oxygen atoms in total. The number of likely N-dealkylation sites (tertiary alicyclic amines) is 1. The van der Waals surface area contributed by atoms with Gasteiger partial charge in [0.2, 0.25) is 0 Å². The van der Waals surface area contributed by atoms with Gasteiger partial charge in [0, 0.05) is 38.3 Å². The van der Waals surface area contributed by atoms with Crippen molar-refractivity contribution in [3.8, 4) is 0 Å². The zero-order valence-corrected chi connectivity index (χ0v) is 10.7. The summed E-state index contributed by atoms with van der Waals surface area (Å²) in [5, 5.41) is 10.2. The van der Waals surface area contributed by atoms with Crippen LogP contribution in [0.5, 0.6) is 0 Å². The molecule has 1 atom stereocenters. The molecule has 18 heavy (non-hydrogen) atoms. The monoisotopic (exact) mass is 247 g/mol. The van der Waals surface area contributed by atoms with E-state index >= 15 is 0 Å². The number of benzene rings is 1. The average molecular weight is 247 g/mol. The van der Waals surface area contributed by atoms with Crippen LogP contribution in [0.4, 0.5) is 0 Å². The van der Waals surface area contributed by atoms with Crippen molar-refractivity contribution >= 4 is 0 Å². The summed E-state index contributed by atoms with van der Waals surface area (Å²) in [6.45, 7) is 4.83. The lowest BCUT2D eigenvalue weighted by molar-refractivity contribution is -0.0916. The van der Waals surface area contributed by atoms with E-state index in [1.165, 1.54) is 12.8 Å². The molecule has 3 heteroatoms. The molecule has 2 saturated heterocycles. The van der Waals surface area contributed by atoms with Gasteiger partial charge in [-0.2, -0.15) is 0 Å². The van der Waals surface area contributed by atoms with Crippen LogP contribution in [0.1, 0.15) is 24.5 Å². The molecule has 0 aliphatic carbocycles. The summed E-state index contributed by atoms with van der Waals surface area (Å²) in [6, 6.07) is 9.93. The highest BCUT2D eigenvalue weighted by Crippen LogP contribution is 2.40. The fourth-order valence-electron chi connectivity index (χ4n) is 3.18. The van der Waals surface area contributed by atoms with Crippen molar-refractivity contribution in [2.24, 2.45) is 5.41 Å². The van der Waals surface area contributed by atoms with Crippen LogP contribution in [0.15, 0.2) is 30.3 Å². The third-order valence-corrected chi connectivity index (χ3v) is 4.29. The lowest BCUT2D eigenvalue weighted by atomic mass is 9.73. The zero-order chi connectivity index (χ0) is 12.4. The summed E-state index contributed by atoms with van der Waals surface area (Å²) in [6.07, 6.45) is 2.01. The van der Waals surface area contributed by atoms with Crippen LogP contribution in [0.3, 0.4) is 0 Å². The predicted molar refractivity (Wildman–Crippen MR) is 70.3 cm³/mol.